The number of carbonyl (C=O) groups is 1. The highest BCUT2D eigenvalue weighted by Gasteiger charge is 2.21. The second-order valence-electron chi connectivity index (χ2n) is 7.97. The Balaban J connectivity index is 1.46. The average Bonchev–Trinajstić information content (AvgIpc) is 3.27. The first-order chi connectivity index (χ1) is 16.3. The van der Waals surface area contributed by atoms with E-state index in [2.05, 4.69) is 40.7 Å². The number of para-hydroxylation sites is 1. The number of aromatic nitrogens is 3. The maximum absolute atomic E-state index is 13.2. The minimum absolute atomic E-state index is 0.102. The second-order valence-corrected chi connectivity index (χ2v) is 7.97. The van der Waals surface area contributed by atoms with Crippen LogP contribution in [0.4, 0.5) is 0 Å². The highest BCUT2D eigenvalue weighted by atomic mass is 16.2. The summed E-state index contributed by atoms with van der Waals surface area (Å²) in [5, 5.41) is 8.65. The molecule has 0 bridgehead atoms. The highest BCUT2D eigenvalue weighted by Crippen LogP contribution is 2.28. The monoisotopic (exact) mass is 432 g/mol. The van der Waals surface area contributed by atoms with Gasteiger partial charge in [0.05, 0.1) is 23.4 Å². The number of nitrogens with zero attached hydrogens (tertiary/aromatic N) is 3. The van der Waals surface area contributed by atoms with Gasteiger partial charge in [-0.1, -0.05) is 84.9 Å². The number of rotatable bonds is 7. The fourth-order valence-electron chi connectivity index (χ4n) is 4.15. The van der Waals surface area contributed by atoms with Gasteiger partial charge < -0.3 is 5.32 Å². The summed E-state index contributed by atoms with van der Waals surface area (Å²) < 4.78 is 1.74. The smallest absolute Gasteiger partial charge is 0.242 e. The number of benzene rings is 3. The fraction of sp³-hybridized carbons (Fsp3) is 0.107. The molecule has 1 N–H and O–H groups in total. The molecule has 3 aromatic carbocycles. The van der Waals surface area contributed by atoms with Gasteiger partial charge in [-0.2, -0.15) is 5.10 Å². The lowest BCUT2D eigenvalue weighted by molar-refractivity contribution is -0.122. The van der Waals surface area contributed by atoms with Gasteiger partial charge in [0, 0.05) is 17.1 Å². The third-order valence-corrected chi connectivity index (χ3v) is 5.72. The molecule has 0 aliphatic heterocycles. The number of pyridine rings is 1. The van der Waals surface area contributed by atoms with Gasteiger partial charge in [0.1, 0.15) is 6.54 Å². The molecule has 0 aliphatic carbocycles. The summed E-state index contributed by atoms with van der Waals surface area (Å²) in [4.78, 5) is 17.9. The van der Waals surface area contributed by atoms with Crippen LogP contribution in [-0.2, 0) is 17.8 Å². The number of nitrogens with one attached hydrogen (secondary N) is 1. The van der Waals surface area contributed by atoms with E-state index in [9.17, 15) is 4.79 Å². The Morgan fingerprint density at radius 3 is 2.39 bits per heavy atom. The summed E-state index contributed by atoms with van der Waals surface area (Å²) >= 11 is 0. The van der Waals surface area contributed by atoms with Gasteiger partial charge in [-0.05, 0) is 29.7 Å². The molecule has 5 heteroatoms. The lowest BCUT2D eigenvalue weighted by Crippen LogP contribution is -2.33. The van der Waals surface area contributed by atoms with Gasteiger partial charge in [0.25, 0.3) is 0 Å². The van der Waals surface area contributed by atoms with Crippen LogP contribution >= 0.6 is 0 Å². The number of hydrogen-bond acceptors (Lipinski definition) is 3. The van der Waals surface area contributed by atoms with Crippen LogP contribution in [0.3, 0.4) is 0 Å². The first-order valence-corrected chi connectivity index (χ1v) is 11.0. The van der Waals surface area contributed by atoms with Crippen LogP contribution in [0, 0.1) is 0 Å². The van der Waals surface area contributed by atoms with Crippen LogP contribution in [0.25, 0.3) is 22.0 Å². The maximum atomic E-state index is 13.2. The van der Waals surface area contributed by atoms with Crippen LogP contribution in [-0.4, -0.2) is 20.7 Å². The Kier molecular flexibility index (Phi) is 5.93. The molecule has 162 valence electrons. The molecule has 5 rings (SSSR count). The zero-order valence-corrected chi connectivity index (χ0v) is 18.1. The molecule has 1 atom stereocenters. The number of hydrogen-bond donors (Lipinski definition) is 1. The molecule has 0 aliphatic rings. The standard InChI is InChI=1S/C28H24N4O/c33-27(20-32-26-16-8-7-14-23(26)19-30-32)31-25(18-21-10-3-1-4-11-21)28-24(15-9-17-29-28)22-12-5-2-6-13-22/h1-17,19,25H,18,20H2,(H,31,33)/t25-/m0/s1. The predicted octanol–water partition coefficient (Wildman–Crippen LogP) is 5.20. The van der Waals surface area contributed by atoms with Crippen molar-refractivity contribution >= 4 is 16.8 Å². The minimum Gasteiger partial charge on any atom is -0.346 e. The SMILES string of the molecule is O=C(Cn1ncc2ccccc21)N[C@@H](Cc1ccccc1)c1ncccc1-c1ccccc1. The Morgan fingerprint density at radius 1 is 0.848 bits per heavy atom. The van der Waals surface area contributed by atoms with Gasteiger partial charge in [-0.15, -0.1) is 0 Å². The van der Waals surface area contributed by atoms with Crippen molar-refractivity contribution in [1.82, 2.24) is 20.1 Å². The van der Waals surface area contributed by atoms with E-state index in [1.54, 1.807) is 17.1 Å². The van der Waals surface area contributed by atoms with Crippen LogP contribution in [0.15, 0.2) is 109 Å². The van der Waals surface area contributed by atoms with Crippen LogP contribution < -0.4 is 5.32 Å². The van der Waals surface area contributed by atoms with E-state index in [0.29, 0.717) is 6.42 Å². The molecule has 5 nitrogen and oxygen atoms in total. The van der Waals surface area contributed by atoms with Crippen LogP contribution in [0.1, 0.15) is 17.3 Å². The van der Waals surface area contributed by atoms with Crippen molar-refractivity contribution in [2.45, 2.75) is 19.0 Å². The van der Waals surface area contributed by atoms with Crippen molar-refractivity contribution in [1.29, 1.82) is 0 Å². The third-order valence-electron chi connectivity index (χ3n) is 5.72. The summed E-state index contributed by atoms with van der Waals surface area (Å²) in [7, 11) is 0. The topological polar surface area (TPSA) is 59.8 Å². The Labute approximate surface area is 192 Å². The van der Waals surface area contributed by atoms with Gasteiger partial charge in [-0.25, -0.2) is 0 Å². The summed E-state index contributed by atoms with van der Waals surface area (Å²) in [6.07, 6.45) is 4.21. The van der Waals surface area contributed by atoms with Crippen LogP contribution in [0.2, 0.25) is 0 Å². The first-order valence-electron chi connectivity index (χ1n) is 11.0. The lowest BCUT2D eigenvalue weighted by Gasteiger charge is -2.21. The molecule has 33 heavy (non-hydrogen) atoms. The minimum atomic E-state index is -0.280. The zero-order chi connectivity index (χ0) is 22.5. The molecule has 2 aromatic heterocycles. The molecule has 0 saturated carbocycles. The Morgan fingerprint density at radius 2 is 1.58 bits per heavy atom. The van der Waals surface area contributed by atoms with E-state index in [0.717, 1.165) is 33.3 Å². The largest absolute Gasteiger partial charge is 0.346 e. The van der Waals surface area contributed by atoms with E-state index < -0.39 is 0 Å². The maximum Gasteiger partial charge on any atom is 0.242 e. The molecule has 0 unspecified atom stereocenters. The van der Waals surface area contributed by atoms with E-state index in [1.165, 1.54) is 0 Å². The quantitative estimate of drug-likeness (QED) is 0.385. The number of carbonyl (C=O) groups excluding carboxylic acids is 1. The summed E-state index contributed by atoms with van der Waals surface area (Å²) in [5.41, 5.74) is 5.02. The fourth-order valence-corrected chi connectivity index (χ4v) is 4.15. The molecule has 1 amide bonds. The molecular weight excluding hydrogens is 408 g/mol. The van der Waals surface area contributed by atoms with E-state index in [-0.39, 0.29) is 18.5 Å². The van der Waals surface area contributed by atoms with Crippen molar-refractivity contribution in [3.8, 4) is 11.1 Å². The molecule has 2 heterocycles. The van der Waals surface area contributed by atoms with Crippen LogP contribution in [0.5, 0.6) is 0 Å². The lowest BCUT2D eigenvalue weighted by atomic mass is 9.95. The molecule has 0 fully saturated rings. The predicted molar refractivity (Wildman–Crippen MR) is 130 cm³/mol. The first kappa shape index (κ1) is 20.6. The molecule has 5 aromatic rings. The van der Waals surface area contributed by atoms with Crippen molar-refractivity contribution in [3.63, 3.8) is 0 Å². The van der Waals surface area contributed by atoms with Crippen molar-refractivity contribution in [2.24, 2.45) is 0 Å². The Hall–Kier alpha value is -4.25. The third kappa shape index (κ3) is 4.67. The normalized spacial score (nSPS) is 11.9. The molecule has 0 radical (unpaired) electrons. The molecule has 0 spiro atoms. The van der Waals surface area contributed by atoms with Gasteiger partial charge in [0.15, 0.2) is 0 Å². The average molecular weight is 433 g/mol. The molecule has 0 saturated heterocycles. The van der Waals surface area contributed by atoms with Gasteiger partial charge in [-0.3, -0.25) is 14.5 Å². The van der Waals surface area contributed by atoms with E-state index in [4.69, 9.17) is 4.98 Å². The molecular formula is C28H24N4O. The summed E-state index contributed by atoms with van der Waals surface area (Å²) in [6.45, 7) is 0.145. The highest BCUT2D eigenvalue weighted by molar-refractivity contribution is 5.82. The van der Waals surface area contributed by atoms with Crippen molar-refractivity contribution in [3.05, 3.63) is 121 Å². The zero-order valence-electron chi connectivity index (χ0n) is 18.1. The van der Waals surface area contributed by atoms with Gasteiger partial charge in [0.2, 0.25) is 5.91 Å². The number of fused-ring (bicyclic) bond motifs is 1. The Bertz CT molecular complexity index is 1360. The summed E-state index contributed by atoms with van der Waals surface area (Å²) in [6, 6.07) is 31.9. The number of amides is 1. The van der Waals surface area contributed by atoms with Crippen molar-refractivity contribution < 1.29 is 4.79 Å². The van der Waals surface area contributed by atoms with Gasteiger partial charge >= 0.3 is 0 Å². The summed E-state index contributed by atoms with van der Waals surface area (Å²) in [5.74, 6) is -0.102. The van der Waals surface area contributed by atoms with E-state index in [1.807, 2.05) is 66.7 Å². The second kappa shape index (κ2) is 9.49. The van der Waals surface area contributed by atoms with Crippen molar-refractivity contribution in [2.75, 3.05) is 0 Å². The van der Waals surface area contributed by atoms with E-state index >= 15 is 0 Å².